The lowest BCUT2D eigenvalue weighted by molar-refractivity contribution is -0.386. The van der Waals surface area contributed by atoms with Crippen LogP contribution in [0.3, 0.4) is 0 Å². The van der Waals surface area contributed by atoms with Crippen molar-refractivity contribution in [2.45, 2.75) is 33.4 Å². The molecule has 31 heavy (non-hydrogen) atoms. The second-order valence-corrected chi connectivity index (χ2v) is 7.56. The molecule has 3 rings (SSSR count). The van der Waals surface area contributed by atoms with Gasteiger partial charge in [0.1, 0.15) is 6.61 Å². The lowest BCUT2D eigenvalue weighted by atomic mass is 10.1. The Balaban J connectivity index is 1.53. The van der Waals surface area contributed by atoms with Gasteiger partial charge in [-0.3, -0.25) is 19.6 Å². The van der Waals surface area contributed by atoms with Gasteiger partial charge in [-0.25, -0.2) is 0 Å². The van der Waals surface area contributed by atoms with E-state index in [1.54, 1.807) is 54.2 Å². The molecule has 1 heterocycles. The SMILES string of the molecule is Cc1ccc(OCc2cccc(C(=O)NCCCn3cc(Cl)c(C)n3)c2)c([N+](=O)[O-])c1. The second kappa shape index (κ2) is 10.1. The molecule has 1 N–H and O–H groups in total. The van der Waals surface area contributed by atoms with Gasteiger partial charge in [0.05, 0.1) is 15.6 Å². The van der Waals surface area contributed by atoms with Gasteiger partial charge in [0.15, 0.2) is 5.75 Å². The molecule has 9 heteroatoms. The molecule has 0 spiro atoms. The fourth-order valence-corrected chi connectivity index (χ4v) is 3.16. The van der Waals surface area contributed by atoms with Crippen molar-refractivity contribution < 1.29 is 14.5 Å². The van der Waals surface area contributed by atoms with E-state index in [1.807, 2.05) is 6.92 Å². The first-order chi connectivity index (χ1) is 14.8. The van der Waals surface area contributed by atoms with E-state index in [0.717, 1.165) is 16.8 Å². The first kappa shape index (κ1) is 22.3. The Morgan fingerprint density at radius 1 is 1.26 bits per heavy atom. The summed E-state index contributed by atoms with van der Waals surface area (Å²) in [6, 6.07) is 11.8. The van der Waals surface area contributed by atoms with E-state index >= 15 is 0 Å². The van der Waals surface area contributed by atoms with Crippen molar-refractivity contribution in [2.24, 2.45) is 0 Å². The van der Waals surface area contributed by atoms with Gasteiger partial charge in [0.25, 0.3) is 5.91 Å². The molecule has 1 aromatic heterocycles. The monoisotopic (exact) mass is 442 g/mol. The van der Waals surface area contributed by atoms with Crippen molar-refractivity contribution in [3.8, 4) is 5.75 Å². The summed E-state index contributed by atoms with van der Waals surface area (Å²) in [5.41, 5.74) is 2.72. The molecule has 3 aromatic rings. The molecule has 1 amide bonds. The number of benzene rings is 2. The summed E-state index contributed by atoms with van der Waals surface area (Å²) in [6.07, 6.45) is 2.48. The van der Waals surface area contributed by atoms with Crippen molar-refractivity contribution in [1.29, 1.82) is 0 Å². The van der Waals surface area contributed by atoms with Crippen LogP contribution in [0.15, 0.2) is 48.7 Å². The standard InChI is InChI=1S/C22H23ClN4O4/c1-15-7-8-21(20(11-15)27(29)30)31-14-17-5-3-6-18(12-17)22(28)24-9-4-10-26-13-19(23)16(2)25-26/h3,5-8,11-13H,4,9-10,14H2,1-2H3,(H,24,28). The van der Waals surface area contributed by atoms with Crippen molar-refractivity contribution >= 4 is 23.2 Å². The molecule has 0 fully saturated rings. The maximum Gasteiger partial charge on any atom is 0.311 e. The lowest BCUT2D eigenvalue weighted by Crippen LogP contribution is -2.25. The zero-order valence-corrected chi connectivity index (χ0v) is 18.1. The molecule has 0 aliphatic carbocycles. The van der Waals surface area contributed by atoms with Crippen LogP contribution in [-0.4, -0.2) is 27.2 Å². The Bertz CT molecular complexity index is 1080. The fourth-order valence-electron chi connectivity index (χ4n) is 3.01. The van der Waals surface area contributed by atoms with E-state index in [2.05, 4.69) is 10.4 Å². The highest BCUT2D eigenvalue weighted by molar-refractivity contribution is 6.31. The number of rotatable bonds is 9. The summed E-state index contributed by atoms with van der Waals surface area (Å²) >= 11 is 5.99. The number of nitrogens with one attached hydrogen (secondary N) is 1. The van der Waals surface area contributed by atoms with E-state index in [1.165, 1.54) is 6.07 Å². The first-order valence-corrected chi connectivity index (χ1v) is 10.2. The smallest absolute Gasteiger partial charge is 0.311 e. The summed E-state index contributed by atoms with van der Waals surface area (Å²) in [7, 11) is 0. The van der Waals surface area contributed by atoms with Crippen LogP contribution < -0.4 is 10.1 Å². The number of hydrogen-bond acceptors (Lipinski definition) is 5. The van der Waals surface area contributed by atoms with Gasteiger partial charge in [0, 0.05) is 30.9 Å². The largest absolute Gasteiger partial charge is 0.482 e. The summed E-state index contributed by atoms with van der Waals surface area (Å²) in [5.74, 6) is -0.00254. The van der Waals surface area contributed by atoms with E-state index in [-0.39, 0.29) is 24.0 Å². The predicted molar refractivity (Wildman–Crippen MR) is 118 cm³/mol. The molecule has 0 atom stereocenters. The number of hydrogen-bond donors (Lipinski definition) is 1. The van der Waals surface area contributed by atoms with Crippen LogP contribution in [0.2, 0.25) is 5.02 Å². The zero-order chi connectivity index (χ0) is 22.4. The van der Waals surface area contributed by atoms with Crippen LogP contribution in [0.1, 0.15) is 33.6 Å². The Kier molecular flexibility index (Phi) is 7.25. The normalized spacial score (nSPS) is 10.7. The number of nitro benzene ring substituents is 1. The first-order valence-electron chi connectivity index (χ1n) is 9.78. The molecular formula is C22H23ClN4O4. The number of nitro groups is 1. The minimum atomic E-state index is -0.468. The maximum absolute atomic E-state index is 12.4. The minimum absolute atomic E-state index is 0.0810. The third-order valence-electron chi connectivity index (χ3n) is 4.63. The number of carbonyl (C=O) groups is 1. The number of amides is 1. The molecule has 162 valence electrons. The summed E-state index contributed by atoms with van der Waals surface area (Å²) < 4.78 is 7.40. The number of ether oxygens (including phenoxy) is 1. The van der Waals surface area contributed by atoms with Crippen molar-refractivity contribution in [1.82, 2.24) is 15.1 Å². The zero-order valence-electron chi connectivity index (χ0n) is 17.3. The van der Waals surface area contributed by atoms with Gasteiger partial charge >= 0.3 is 5.69 Å². The Morgan fingerprint density at radius 2 is 2.06 bits per heavy atom. The Labute approximate surface area is 184 Å². The summed E-state index contributed by atoms with van der Waals surface area (Å²) in [5, 5.41) is 19.0. The van der Waals surface area contributed by atoms with Crippen molar-refractivity contribution in [2.75, 3.05) is 6.54 Å². The molecular weight excluding hydrogens is 420 g/mol. The van der Waals surface area contributed by atoms with Crippen LogP contribution in [0.25, 0.3) is 0 Å². The average Bonchev–Trinajstić information content (AvgIpc) is 3.07. The summed E-state index contributed by atoms with van der Waals surface area (Å²) in [4.78, 5) is 23.2. The second-order valence-electron chi connectivity index (χ2n) is 7.15. The van der Waals surface area contributed by atoms with Gasteiger partial charge in [-0.1, -0.05) is 29.8 Å². The van der Waals surface area contributed by atoms with Crippen LogP contribution in [0, 0.1) is 24.0 Å². The molecule has 0 radical (unpaired) electrons. The molecule has 0 unspecified atom stereocenters. The molecule has 0 aliphatic rings. The molecule has 0 bridgehead atoms. The fraction of sp³-hybridized carbons (Fsp3) is 0.273. The van der Waals surface area contributed by atoms with Crippen molar-refractivity contribution in [3.05, 3.63) is 86.2 Å². The predicted octanol–water partition coefficient (Wildman–Crippen LogP) is 4.46. The topological polar surface area (TPSA) is 99.3 Å². The van der Waals surface area contributed by atoms with Gasteiger partial charge in [-0.15, -0.1) is 0 Å². The minimum Gasteiger partial charge on any atom is -0.482 e. The van der Waals surface area contributed by atoms with Gasteiger partial charge < -0.3 is 10.1 Å². The number of carbonyl (C=O) groups excluding carboxylic acids is 1. The van der Waals surface area contributed by atoms with Crippen LogP contribution >= 0.6 is 11.6 Å². The summed E-state index contributed by atoms with van der Waals surface area (Å²) in [6.45, 7) is 4.88. The third kappa shape index (κ3) is 6.05. The van der Waals surface area contributed by atoms with Crippen LogP contribution in [0.5, 0.6) is 5.75 Å². The number of halogens is 1. The van der Waals surface area contributed by atoms with E-state index < -0.39 is 4.92 Å². The van der Waals surface area contributed by atoms with Crippen LogP contribution in [0.4, 0.5) is 5.69 Å². The number of nitrogens with zero attached hydrogens (tertiary/aromatic N) is 3. The molecule has 0 aliphatic heterocycles. The van der Waals surface area contributed by atoms with E-state index in [9.17, 15) is 14.9 Å². The molecule has 8 nitrogen and oxygen atoms in total. The highest BCUT2D eigenvalue weighted by Crippen LogP contribution is 2.28. The van der Waals surface area contributed by atoms with Gasteiger partial charge in [0.2, 0.25) is 0 Å². The van der Waals surface area contributed by atoms with Gasteiger partial charge in [-0.2, -0.15) is 5.10 Å². The van der Waals surface area contributed by atoms with Gasteiger partial charge in [-0.05, 0) is 49.6 Å². The van der Waals surface area contributed by atoms with E-state index in [4.69, 9.17) is 16.3 Å². The molecule has 0 saturated heterocycles. The lowest BCUT2D eigenvalue weighted by Gasteiger charge is -2.09. The highest BCUT2D eigenvalue weighted by Gasteiger charge is 2.15. The van der Waals surface area contributed by atoms with Crippen LogP contribution in [-0.2, 0) is 13.2 Å². The number of aryl methyl sites for hydroxylation is 3. The Hall–Kier alpha value is -3.39. The molecule has 0 saturated carbocycles. The van der Waals surface area contributed by atoms with E-state index in [0.29, 0.717) is 30.1 Å². The maximum atomic E-state index is 12.4. The third-order valence-corrected chi connectivity index (χ3v) is 5.00. The molecule has 2 aromatic carbocycles. The van der Waals surface area contributed by atoms with Crippen molar-refractivity contribution in [3.63, 3.8) is 0 Å². The quantitative estimate of drug-likeness (QED) is 0.299. The number of aromatic nitrogens is 2. The highest BCUT2D eigenvalue weighted by atomic mass is 35.5. The average molecular weight is 443 g/mol. The Morgan fingerprint density at radius 3 is 2.77 bits per heavy atom.